The van der Waals surface area contributed by atoms with Gasteiger partial charge < -0.3 is 9.72 Å². The minimum absolute atomic E-state index is 0.165. The molecule has 0 radical (unpaired) electrons. The molecule has 2 aromatic rings. The van der Waals surface area contributed by atoms with Crippen LogP contribution in [0.15, 0.2) is 42.6 Å². The fourth-order valence-corrected chi connectivity index (χ4v) is 1.78. The molecule has 2 amide bonds. The average Bonchev–Trinajstić information content (AvgIpc) is 3.05. The smallest absolute Gasteiger partial charge is 0.286 e. The molecule has 0 saturated carbocycles. The number of aromatic nitrogens is 1. The predicted octanol–water partition coefficient (Wildman–Crippen LogP) is 1.42. The fraction of sp³-hybridized carbons (Fsp3) is 0.200. The first kappa shape index (κ1) is 14.6. The first-order valence-corrected chi connectivity index (χ1v) is 6.64. The van der Waals surface area contributed by atoms with E-state index in [1.54, 1.807) is 18.3 Å². The number of carbonyl (C=O) groups is 2. The Bertz CT molecular complexity index is 608. The van der Waals surface area contributed by atoms with Crippen molar-refractivity contribution in [1.29, 1.82) is 0 Å². The number of para-hydroxylation sites is 1. The third-order valence-electron chi connectivity index (χ3n) is 2.87. The Labute approximate surface area is 122 Å². The number of carbonyl (C=O) groups excluding carboxylic acids is 2. The number of hydrazine groups is 1. The topological polar surface area (TPSA) is 83.2 Å². The van der Waals surface area contributed by atoms with E-state index in [0.29, 0.717) is 11.4 Å². The minimum Gasteiger partial charge on any atom is -0.483 e. The van der Waals surface area contributed by atoms with Gasteiger partial charge in [-0.25, -0.2) is 0 Å². The second-order valence-electron chi connectivity index (χ2n) is 4.34. The lowest BCUT2D eigenvalue weighted by Crippen LogP contribution is -2.44. The number of ether oxygens (including phenoxy) is 1. The SMILES string of the molecule is CCc1ccccc1OCC(=O)NNC(=O)c1ccc[nH]1. The average molecular weight is 287 g/mol. The number of aromatic amines is 1. The van der Waals surface area contributed by atoms with Crippen LogP contribution in [0.1, 0.15) is 23.0 Å². The highest BCUT2D eigenvalue weighted by Gasteiger charge is 2.09. The van der Waals surface area contributed by atoms with Gasteiger partial charge in [0.1, 0.15) is 11.4 Å². The largest absolute Gasteiger partial charge is 0.483 e. The van der Waals surface area contributed by atoms with Gasteiger partial charge in [-0.3, -0.25) is 20.4 Å². The highest BCUT2D eigenvalue weighted by molar-refractivity contribution is 5.93. The number of H-pyrrole nitrogens is 1. The van der Waals surface area contributed by atoms with Crippen molar-refractivity contribution in [2.75, 3.05) is 6.61 Å². The van der Waals surface area contributed by atoms with E-state index in [1.807, 2.05) is 31.2 Å². The maximum Gasteiger partial charge on any atom is 0.286 e. The van der Waals surface area contributed by atoms with Crippen LogP contribution in [-0.2, 0) is 11.2 Å². The molecule has 2 rings (SSSR count). The van der Waals surface area contributed by atoms with Gasteiger partial charge >= 0.3 is 0 Å². The molecule has 6 nitrogen and oxygen atoms in total. The summed E-state index contributed by atoms with van der Waals surface area (Å²) >= 11 is 0. The van der Waals surface area contributed by atoms with E-state index in [9.17, 15) is 9.59 Å². The Morgan fingerprint density at radius 1 is 1.14 bits per heavy atom. The maximum absolute atomic E-state index is 11.6. The molecule has 0 fully saturated rings. The number of rotatable bonds is 5. The first-order valence-electron chi connectivity index (χ1n) is 6.64. The van der Waals surface area contributed by atoms with Crippen molar-refractivity contribution in [1.82, 2.24) is 15.8 Å². The van der Waals surface area contributed by atoms with Crippen LogP contribution in [-0.4, -0.2) is 23.4 Å². The van der Waals surface area contributed by atoms with Crippen LogP contribution in [0, 0.1) is 0 Å². The standard InChI is InChI=1S/C15H17N3O3/c1-2-11-6-3-4-8-13(11)21-10-14(19)17-18-15(20)12-7-5-9-16-12/h3-9,16H,2,10H2,1H3,(H,17,19)(H,18,20). The van der Waals surface area contributed by atoms with Crippen LogP contribution in [0.25, 0.3) is 0 Å². The monoisotopic (exact) mass is 287 g/mol. The van der Waals surface area contributed by atoms with Gasteiger partial charge in [0.25, 0.3) is 11.8 Å². The van der Waals surface area contributed by atoms with Crippen molar-refractivity contribution >= 4 is 11.8 Å². The van der Waals surface area contributed by atoms with Gasteiger partial charge in [-0.1, -0.05) is 25.1 Å². The molecular weight excluding hydrogens is 270 g/mol. The van der Waals surface area contributed by atoms with E-state index < -0.39 is 11.8 Å². The number of hydrogen-bond donors (Lipinski definition) is 3. The van der Waals surface area contributed by atoms with Crippen molar-refractivity contribution in [3.8, 4) is 5.75 Å². The highest BCUT2D eigenvalue weighted by Crippen LogP contribution is 2.17. The van der Waals surface area contributed by atoms with Crippen molar-refractivity contribution in [3.05, 3.63) is 53.9 Å². The zero-order valence-corrected chi connectivity index (χ0v) is 11.7. The number of hydrogen-bond acceptors (Lipinski definition) is 3. The molecule has 21 heavy (non-hydrogen) atoms. The second kappa shape index (κ2) is 7.14. The van der Waals surface area contributed by atoms with Crippen LogP contribution in [0.4, 0.5) is 0 Å². The Kier molecular flexibility index (Phi) is 4.98. The Morgan fingerprint density at radius 2 is 1.95 bits per heavy atom. The van der Waals surface area contributed by atoms with Gasteiger partial charge in [-0.05, 0) is 30.2 Å². The van der Waals surface area contributed by atoms with Crippen molar-refractivity contribution in [3.63, 3.8) is 0 Å². The molecule has 0 saturated heterocycles. The number of amides is 2. The van der Waals surface area contributed by atoms with E-state index in [0.717, 1.165) is 12.0 Å². The summed E-state index contributed by atoms with van der Waals surface area (Å²) in [5, 5.41) is 0. The summed E-state index contributed by atoms with van der Waals surface area (Å²) < 4.78 is 5.44. The van der Waals surface area contributed by atoms with Gasteiger partial charge in [0.05, 0.1) is 0 Å². The van der Waals surface area contributed by atoms with Gasteiger partial charge in [0.2, 0.25) is 0 Å². The molecule has 0 unspecified atom stereocenters. The zero-order chi connectivity index (χ0) is 15.1. The van der Waals surface area contributed by atoms with E-state index in [1.165, 1.54) is 0 Å². The predicted molar refractivity (Wildman–Crippen MR) is 77.7 cm³/mol. The number of nitrogens with one attached hydrogen (secondary N) is 3. The Morgan fingerprint density at radius 3 is 2.67 bits per heavy atom. The molecule has 1 aromatic heterocycles. The van der Waals surface area contributed by atoms with Crippen molar-refractivity contribution in [2.45, 2.75) is 13.3 Å². The number of benzene rings is 1. The normalized spacial score (nSPS) is 9.95. The van der Waals surface area contributed by atoms with Crippen LogP contribution in [0.5, 0.6) is 5.75 Å². The van der Waals surface area contributed by atoms with E-state index in [2.05, 4.69) is 15.8 Å². The molecular formula is C15H17N3O3. The van der Waals surface area contributed by atoms with E-state index in [-0.39, 0.29) is 6.61 Å². The molecule has 6 heteroatoms. The van der Waals surface area contributed by atoms with Gasteiger partial charge in [-0.15, -0.1) is 0 Å². The molecule has 1 aromatic carbocycles. The second-order valence-corrected chi connectivity index (χ2v) is 4.34. The first-order chi connectivity index (χ1) is 10.2. The van der Waals surface area contributed by atoms with Crippen molar-refractivity contribution in [2.24, 2.45) is 0 Å². The van der Waals surface area contributed by atoms with Crippen LogP contribution < -0.4 is 15.6 Å². The summed E-state index contributed by atoms with van der Waals surface area (Å²) in [5.74, 6) is -0.172. The lowest BCUT2D eigenvalue weighted by Gasteiger charge is -2.10. The van der Waals surface area contributed by atoms with Crippen molar-refractivity contribution < 1.29 is 14.3 Å². The molecule has 0 aliphatic carbocycles. The summed E-state index contributed by atoms with van der Waals surface area (Å²) in [7, 11) is 0. The molecule has 1 heterocycles. The highest BCUT2D eigenvalue weighted by atomic mass is 16.5. The quantitative estimate of drug-likeness (QED) is 0.727. The molecule has 3 N–H and O–H groups in total. The van der Waals surface area contributed by atoms with Gasteiger partial charge in [0, 0.05) is 6.20 Å². The molecule has 0 atom stereocenters. The van der Waals surface area contributed by atoms with Crippen LogP contribution in [0.3, 0.4) is 0 Å². The molecule has 0 bridgehead atoms. The zero-order valence-electron chi connectivity index (χ0n) is 11.7. The summed E-state index contributed by atoms with van der Waals surface area (Å²) in [5.41, 5.74) is 5.99. The summed E-state index contributed by atoms with van der Waals surface area (Å²) in [6.45, 7) is 1.85. The van der Waals surface area contributed by atoms with Gasteiger partial charge in [0.15, 0.2) is 6.61 Å². The molecule has 0 aliphatic heterocycles. The Hall–Kier alpha value is -2.76. The van der Waals surface area contributed by atoms with E-state index in [4.69, 9.17) is 4.74 Å². The third-order valence-corrected chi connectivity index (χ3v) is 2.87. The fourth-order valence-electron chi connectivity index (χ4n) is 1.78. The molecule has 110 valence electrons. The molecule has 0 aliphatic rings. The minimum atomic E-state index is -0.430. The summed E-state index contributed by atoms with van der Waals surface area (Å²) in [6.07, 6.45) is 2.45. The summed E-state index contributed by atoms with van der Waals surface area (Å²) in [4.78, 5) is 26.0. The van der Waals surface area contributed by atoms with Crippen LogP contribution >= 0.6 is 0 Å². The maximum atomic E-state index is 11.6. The van der Waals surface area contributed by atoms with Gasteiger partial charge in [-0.2, -0.15) is 0 Å². The van der Waals surface area contributed by atoms with Crippen LogP contribution in [0.2, 0.25) is 0 Å². The lowest BCUT2D eigenvalue weighted by molar-refractivity contribution is -0.123. The Balaban J connectivity index is 1.78. The third kappa shape index (κ3) is 4.10. The lowest BCUT2D eigenvalue weighted by atomic mass is 10.1. The number of aryl methyl sites for hydroxylation is 1. The van der Waals surface area contributed by atoms with E-state index >= 15 is 0 Å². The molecule has 0 spiro atoms. The summed E-state index contributed by atoms with van der Waals surface area (Å²) in [6, 6.07) is 10.8.